The second kappa shape index (κ2) is 6.83. The van der Waals surface area contributed by atoms with Crippen LogP contribution in [0.3, 0.4) is 0 Å². The Hall–Kier alpha value is -1.57. The minimum Gasteiger partial charge on any atom is -0.458 e. The Morgan fingerprint density at radius 3 is 2.62 bits per heavy atom. The summed E-state index contributed by atoms with van der Waals surface area (Å²) in [4.78, 5) is 11.4. The summed E-state index contributed by atoms with van der Waals surface area (Å²) < 4.78 is 5.13. The van der Waals surface area contributed by atoms with Crippen molar-refractivity contribution in [2.24, 2.45) is 0 Å². The van der Waals surface area contributed by atoms with Crippen molar-refractivity contribution in [3.8, 4) is 0 Å². The van der Waals surface area contributed by atoms with Crippen molar-refractivity contribution in [1.29, 1.82) is 0 Å². The van der Waals surface area contributed by atoms with Crippen molar-refractivity contribution in [2.45, 2.75) is 33.3 Å². The standard InChI is InChI=1S/C14H18O2/c1-3-7-12(2)10-14(15)16-11-13-8-5-4-6-9-13/h4-6,8-10H,3,7,11H2,1-2H3/b12-10-. The first-order chi connectivity index (χ1) is 7.72. The van der Waals surface area contributed by atoms with Gasteiger partial charge in [-0.1, -0.05) is 49.2 Å². The summed E-state index contributed by atoms with van der Waals surface area (Å²) in [7, 11) is 0. The van der Waals surface area contributed by atoms with Gasteiger partial charge in [0.05, 0.1) is 0 Å². The average Bonchev–Trinajstić information content (AvgIpc) is 2.28. The molecule has 16 heavy (non-hydrogen) atoms. The largest absolute Gasteiger partial charge is 0.458 e. The third kappa shape index (κ3) is 4.78. The lowest BCUT2D eigenvalue weighted by molar-refractivity contribution is -0.139. The van der Waals surface area contributed by atoms with Crippen molar-refractivity contribution < 1.29 is 9.53 Å². The molecule has 0 unspecified atom stereocenters. The van der Waals surface area contributed by atoms with Crippen molar-refractivity contribution in [1.82, 2.24) is 0 Å². The van der Waals surface area contributed by atoms with Gasteiger partial charge in [0.2, 0.25) is 0 Å². The van der Waals surface area contributed by atoms with Crippen LogP contribution >= 0.6 is 0 Å². The molecule has 0 aliphatic rings. The van der Waals surface area contributed by atoms with Crippen molar-refractivity contribution in [3.63, 3.8) is 0 Å². The van der Waals surface area contributed by atoms with E-state index in [4.69, 9.17) is 4.74 Å². The van der Waals surface area contributed by atoms with Gasteiger partial charge in [0.15, 0.2) is 0 Å². The first-order valence-electron chi connectivity index (χ1n) is 5.60. The minimum atomic E-state index is -0.255. The van der Waals surface area contributed by atoms with Gasteiger partial charge in [0.1, 0.15) is 6.61 Å². The van der Waals surface area contributed by atoms with Crippen LogP contribution in [0, 0.1) is 0 Å². The molecule has 0 amide bonds. The number of esters is 1. The molecule has 0 aromatic heterocycles. The van der Waals surface area contributed by atoms with Crippen LogP contribution < -0.4 is 0 Å². The van der Waals surface area contributed by atoms with Gasteiger partial charge in [-0.3, -0.25) is 0 Å². The zero-order chi connectivity index (χ0) is 11.8. The molecule has 0 saturated heterocycles. The van der Waals surface area contributed by atoms with E-state index in [0.29, 0.717) is 6.61 Å². The Morgan fingerprint density at radius 1 is 1.31 bits per heavy atom. The van der Waals surface area contributed by atoms with Gasteiger partial charge in [-0.2, -0.15) is 0 Å². The Kier molecular flexibility index (Phi) is 5.34. The predicted molar refractivity (Wildman–Crippen MR) is 64.9 cm³/mol. The Morgan fingerprint density at radius 2 is 2.00 bits per heavy atom. The summed E-state index contributed by atoms with van der Waals surface area (Å²) in [6.07, 6.45) is 3.57. The highest BCUT2D eigenvalue weighted by Gasteiger charge is 1.99. The van der Waals surface area contributed by atoms with Crippen LogP contribution in [0.25, 0.3) is 0 Å². The molecule has 1 aromatic carbocycles. The van der Waals surface area contributed by atoms with Crippen molar-refractivity contribution in [2.75, 3.05) is 0 Å². The summed E-state index contributed by atoms with van der Waals surface area (Å²) in [5.74, 6) is -0.255. The van der Waals surface area contributed by atoms with E-state index >= 15 is 0 Å². The van der Waals surface area contributed by atoms with Crippen LogP contribution in [-0.2, 0) is 16.1 Å². The molecule has 0 N–H and O–H groups in total. The zero-order valence-corrected chi connectivity index (χ0v) is 9.90. The molecular weight excluding hydrogens is 200 g/mol. The van der Waals surface area contributed by atoms with Crippen molar-refractivity contribution >= 4 is 5.97 Å². The maximum absolute atomic E-state index is 11.4. The quantitative estimate of drug-likeness (QED) is 0.558. The summed E-state index contributed by atoms with van der Waals surface area (Å²) in [5, 5.41) is 0. The molecule has 0 radical (unpaired) electrons. The van der Waals surface area contributed by atoms with Crippen LogP contribution in [0.5, 0.6) is 0 Å². The number of allylic oxidation sites excluding steroid dienone is 1. The topological polar surface area (TPSA) is 26.3 Å². The second-order valence-electron chi connectivity index (χ2n) is 3.83. The van der Waals surface area contributed by atoms with Crippen LogP contribution in [0.1, 0.15) is 32.3 Å². The second-order valence-corrected chi connectivity index (χ2v) is 3.83. The van der Waals surface area contributed by atoms with E-state index in [1.165, 1.54) is 0 Å². The normalized spacial score (nSPS) is 11.2. The molecule has 0 atom stereocenters. The first-order valence-corrected chi connectivity index (χ1v) is 5.60. The maximum Gasteiger partial charge on any atom is 0.331 e. The van der Waals surface area contributed by atoms with E-state index in [1.54, 1.807) is 6.08 Å². The van der Waals surface area contributed by atoms with Gasteiger partial charge in [-0.15, -0.1) is 0 Å². The minimum absolute atomic E-state index is 0.255. The summed E-state index contributed by atoms with van der Waals surface area (Å²) in [5.41, 5.74) is 2.08. The van der Waals surface area contributed by atoms with Gasteiger partial charge < -0.3 is 4.74 Å². The SMILES string of the molecule is CCC/C(C)=C\C(=O)OCc1ccccc1. The van der Waals surface area contributed by atoms with Crippen LogP contribution in [0.2, 0.25) is 0 Å². The molecule has 2 heteroatoms. The number of hydrogen-bond donors (Lipinski definition) is 0. The third-order valence-electron chi connectivity index (χ3n) is 2.23. The molecule has 1 aromatic rings. The molecule has 2 nitrogen and oxygen atoms in total. The molecule has 1 rings (SSSR count). The average molecular weight is 218 g/mol. The molecule has 0 saturated carbocycles. The van der Waals surface area contributed by atoms with E-state index in [2.05, 4.69) is 6.92 Å². The summed E-state index contributed by atoms with van der Waals surface area (Å²) in [6.45, 7) is 4.38. The van der Waals surface area contributed by atoms with Gasteiger partial charge in [-0.25, -0.2) is 4.79 Å². The van der Waals surface area contributed by atoms with E-state index in [9.17, 15) is 4.79 Å². The lowest BCUT2D eigenvalue weighted by Crippen LogP contribution is -2.01. The van der Waals surface area contributed by atoms with E-state index < -0.39 is 0 Å². The fourth-order valence-corrected chi connectivity index (χ4v) is 1.44. The highest BCUT2D eigenvalue weighted by molar-refractivity contribution is 5.82. The Bertz CT molecular complexity index is 352. The Labute approximate surface area is 96.9 Å². The molecule has 0 spiro atoms. The Balaban J connectivity index is 2.39. The maximum atomic E-state index is 11.4. The van der Waals surface area contributed by atoms with Crippen LogP contribution in [0.4, 0.5) is 0 Å². The van der Waals surface area contributed by atoms with Gasteiger partial charge in [0, 0.05) is 6.08 Å². The molecule has 0 heterocycles. The van der Waals surface area contributed by atoms with E-state index in [1.807, 2.05) is 37.3 Å². The lowest BCUT2D eigenvalue weighted by atomic mass is 10.2. The number of rotatable bonds is 5. The third-order valence-corrected chi connectivity index (χ3v) is 2.23. The zero-order valence-electron chi connectivity index (χ0n) is 9.90. The van der Waals surface area contributed by atoms with Crippen LogP contribution in [-0.4, -0.2) is 5.97 Å². The number of carbonyl (C=O) groups is 1. The lowest BCUT2D eigenvalue weighted by Gasteiger charge is -2.02. The number of benzene rings is 1. The number of hydrogen-bond acceptors (Lipinski definition) is 2. The van der Waals surface area contributed by atoms with Gasteiger partial charge in [-0.05, 0) is 18.9 Å². The highest BCUT2D eigenvalue weighted by atomic mass is 16.5. The monoisotopic (exact) mass is 218 g/mol. The number of carbonyl (C=O) groups excluding carboxylic acids is 1. The first kappa shape index (κ1) is 12.5. The highest BCUT2D eigenvalue weighted by Crippen LogP contribution is 2.05. The number of ether oxygens (including phenoxy) is 1. The van der Waals surface area contributed by atoms with E-state index in [0.717, 1.165) is 24.0 Å². The fraction of sp³-hybridized carbons (Fsp3) is 0.357. The van der Waals surface area contributed by atoms with Gasteiger partial charge >= 0.3 is 5.97 Å². The molecular formula is C14H18O2. The predicted octanol–water partition coefficient (Wildman–Crippen LogP) is 3.48. The van der Waals surface area contributed by atoms with E-state index in [-0.39, 0.29) is 5.97 Å². The molecule has 0 aliphatic carbocycles. The molecule has 0 bridgehead atoms. The van der Waals surface area contributed by atoms with Crippen LogP contribution in [0.15, 0.2) is 42.0 Å². The smallest absolute Gasteiger partial charge is 0.331 e. The molecule has 86 valence electrons. The molecule has 0 fully saturated rings. The van der Waals surface area contributed by atoms with Crippen molar-refractivity contribution in [3.05, 3.63) is 47.5 Å². The molecule has 0 aliphatic heterocycles. The fourth-order valence-electron chi connectivity index (χ4n) is 1.44. The summed E-state index contributed by atoms with van der Waals surface area (Å²) >= 11 is 0. The van der Waals surface area contributed by atoms with Gasteiger partial charge in [0.25, 0.3) is 0 Å². The summed E-state index contributed by atoms with van der Waals surface area (Å²) in [6, 6.07) is 9.69.